The highest BCUT2D eigenvalue weighted by molar-refractivity contribution is 5.91. The van der Waals surface area contributed by atoms with Crippen molar-refractivity contribution in [2.24, 2.45) is 5.92 Å². The quantitative estimate of drug-likeness (QED) is 0.213. The van der Waals surface area contributed by atoms with Gasteiger partial charge in [-0.1, -0.05) is 140 Å². The molecule has 0 aromatic heterocycles. The van der Waals surface area contributed by atoms with Crippen LogP contribution in [-0.2, 0) is 5.41 Å². The van der Waals surface area contributed by atoms with E-state index in [2.05, 4.69) is 163 Å². The normalized spacial score (nSPS) is 18.8. The molecule has 0 radical (unpaired) electrons. The van der Waals surface area contributed by atoms with Gasteiger partial charge in [-0.3, -0.25) is 0 Å². The van der Waals surface area contributed by atoms with Crippen LogP contribution in [0, 0.1) is 17.2 Å². The topological polar surface area (TPSA) is 35.8 Å². The second-order valence-electron chi connectivity index (χ2n) is 13.6. The zero-order valence-corrected chi connectivity index (χ0v) is 26.9. The zero-order chi connectivity index (χ0) is 32.5. The number of nitrogens with one attached hydrogen (secondary N) is 1. The molecule has 2 atom stereocenters. The largest absolute Gasteiger partial charge is 0.386 e. The molecule has 2 unspecified atom stereocenters. The predicted octanol–water partition coefficient (Wildman–Crippen LogP) is 10.3. The molecule has 0 bridgehead atoms. The molecule has 230 valence electrons. The van der Waals surface area contributed by atoms with Crippen molar-refractivity contribution < 1.29 is 0 Å². The van der Waals surface area contributed by atoms with Crippen LogP contribution in [0.25, 0.3) is 33.4 Å². The monoisotopic (exact) mass is 624 g/mol. The van der Waals surface area contributed by atoms with Gasteiger partial charge in [0, 0.05) is 30.2 Å². The van der Waals surface area contributed by atoms with Crippen molar-refractivity contribution in [3.63, 3.8) is 0 Å². The standard InChI is InChI=1S/C47H32N2/c48-27-30-23-35(29-49-28-30)33-14-10-13-32(24-33)34-21-22-40-44(25-34)47(42-19-8-6-16-37(42)38-17-7-9-20-43(38)47)45-26-41(31-11-2-1-3-12-31)36-15-4-5-18-39(36)46(40)45/h1-26,29,45-46,49H,28H2. The van der Waals surface area contributed by atoms with E-state index in [4.69, 9.17) is 0 Å². The maximum atomic E-state index is 9.56. The minimum atomic E-state index is -0.353. The second-order valence-corrected chi connectivity index (χ2v) is 13.6. The summed E-state index contributed by atoms with van der Waals surface area (Å²) in [6.45, 7) is 0.571. The van der Waals surface area contributed by atoms with Crippen LogP contribution >= 0.6 is 0 Å². The van der Waals surface area contributed by atoms with Crippen molar-refractivity contribution in [2.75, 3.05) is 6.54 Å². The summed E-state index contributed by atoms with van der Waals surface area (Å²) in [6, 6.07) is 56.5. The van der Waals surface area contributed by atoms with Gasteiger partial charge in [-0.25, -0.2) is 0 Å². The molecule has 1 N–H and O–H groups in total. The Morgan fingerprint density at radius 3 is 2.00 bits per heavy atom. The van der Waals surface area contributed by atoms with E-state index in [9.17, 15) is 5.26 Å². The molecule has 0 saturated carbocycles. The minimum Gasteiger partial charge on any atom is -0.386 e. The van der Waals surface area contributed by atoms with E-state index in [1.165, 1.54) is 66.8 Å². The van der Waals surface area contributed by atoms with Crippen LogP contribution in [0.1, 0.15) is 50.4 Å². The molecule has 6 aromatic carbocycles. The fourth-order valence-electron chi connectivity index (χ4n) is 9.29. The Kier molecular flexibility index (Phi) is 6.08. The van der Waals surface area contributed by atoms with Gasteiger partial charge in [0.25, 0.3) is 0 Å². The third-order valence-electron chi connectivity index (χ3n) is 11.2. The lowest BCUT2D eigenvalue weighted by atomic mass is 9.62. The van der Waals surface area contributed by atoms with Gasteiger partial charge in [-0.15, -0.1) is 0 Å². The molecule has 2 nitrogen and oxygen atoms in total. The molecule has 1 heterocycles. The first-order valence-corrected chi connectivity index (χ1v) is 17.1. The molecule has 0 fully saturated rings. The number of benzene rings is 6. The van der Waals surface area contributed by atoms with Gasteiger partial charge in [-0.05, 0) is 96.1 Å². The average molecular weight is 625 g/mol. The number of nitriles is 1. The van der Waals surface area contributed by atoms with Crippen LogP contribution in [0.4, 0.5) is 0 Å². The van der Waals surface area contributed by atoms with E-state index < -0.39 is 0 Å². The highest BCUT2D eigenvalue weighted by Gasteiger charge is 2.59. The van der Waals surface area contributed by atoms with Crippen LogP contribution in [0.15, 0.2) is 170 Å². The fourth-order valence-corrected chi connectivity index (χ4v) is 9.29. The number of dihydropyridines is 1. The lowest BCUT2D eigenvalue weighted by Gasteiger charge is -2.39. The number of hydrogen-bond acceptors (Lipinski definition) is 2. The molecule has 3 aliphatic carbocycles. The first kappa shape index (κ1) is 27.9. The van der Waals surface area contributed by atoms with Crippen molar-refractivity contribution in [3.05, 3.63) is 214 Å². The van der Waals surface area contributed by atoms with E-state index >= 15 is 0 Å². The molecule has 49 heavy (non-hydrogen) atoms. The average Bonchev–Trinajstić information content (AvgIpc) is 3.65. The summed E-state index contributed by atoms with van der Waals surface area (Å²) >= 11 is 0. The number of rotatable bonds is 3. The van der Waals surface area contributed by atoms with Crippen molar-refractivity contribution in [2.45, 2.75) is 11.3 Å². The molecular weight excluding hydrogens is 593 g/mol. The van der Waals surface area contributed by atoms with Crippen LogP contribution in [0.5, 0.6) is 0 Å². The first-order chi connectivity index (χ1) is 24.3. The van der Waals surface area contributed by atoms with Gasteiger partial charge in [0.1, 0.15) is 0 Å². The summed E-state index contributed by atoms with van der Waals surface area (Å²) < 4.78 is 0. The number of fused-ring (bicyclic) bond motifs is 12. The van der Waals surface area contributed by atoms with Crippen LogP contribution in [0.3, 0.4) is 0 Å². The molecule has 1 aliphatic heterocycles. The highest BCUT2D eigenvalue weighted by Crippen LogP contribution is 2.67. The van der Waals surface area contributed by atoms with Gasteiger partial charge in [0.05, 0.1) is 11.5 Å². The number of allylic oxidation sites excluding steroid dienone is 3. The SMILES string of the molecule is N#CC1=CC(c2cccc(-c3ccc4c(c3)C3(c5ccccc5-c5ccccc53)C3C=C(c5ccccc5)c5ccccc5C43)c2)=CNC1. The third kappa shape index (κ3) is 3.94. The first-order valence-electron chi connectivity index (χ1n) is 17.1. The minimum absolute atomic E-state index is 0.187. The Bertz CT molecular complexity index is 2430. The summed E-state index contributed by atoms with van der Waals surface area (Å²) in [5.74, 6) is 0.401. The molecule has 2 heteroatoms. The predicted molar refractivity (Wildman–Crippen MR) is 199 cm³/mol. The molecule has 1 spiro atoms. The van der Waals surface area contributed by atoms with Crippen molar-refractivity contribution >= 4 is 11.1 Å². The fraction of sp³-hybridized carbons (Fsp3) is 0.0851. The lowest BCUT2D eigenvalue weighted by Crippen LogP contribution is -2.34. The molecule has 0 saturated heterocycles. The van der Waals surface area contributed by atoms with E-state index in [-0.39, 0.29) is 17.3 Å². The zero-order valence-electron chi connectivity index (χ0n) is 26.9. The van der Waals surface area contributed by atoms with Crippen LogP contribution < -0.4 is 5.32 Å². The van der Waals surface area contributed by atoms with Gasteiger partial charge in [0.15, 0.2) is 0 Å². The van der Waals surface area contributed by atoms with Crippen LogP contribution in [0.2, 0.25) is 0 Å². The van der Waals surface area contributed by atoms with Gasteiger partial charge < -0.3 is 5.32 Å². The Balaban J connectivity index is 1.25. The Morgan fingerprint density at radius 2 is 1.22 bits per heavy atom. The third-order valence-corrected chi connectivity index (χ3v) is 11.2. The van der Waals surface area contributed by atoms with E-state index in [1.807, 2.05) is 12.3 Å². The summed E-state index contributed by atoms with van der Waals surface area (Å²) in [5.41, 5.74) is 18.5. The Hall–Kier alpha value is -6.17. The van der Waals surface area contributed by atoms with Crippen molar-refractivity contribution in [3.8, 4) is 28.3 Å². The molecule has 10 rings (SSSR count). The van der Waals surface area contributed by atoms with Crippen molar-refractivity contribution in [1.82, 2.24) is 5.32 Å². The Labute approximate surface area is 287 Å². The van der Waals surface area contributed by atoms with E-state index in [0.29, 0.717) is 6.54 Å². The lowest BCUT2D eigenvalue weighted by molar-refractivity contribution is 0.459. The maximum absolute atomic E-state index is 9.56. The van der Waals surface area contributed by atoms with Gasteiger partial charge in [0.2, 0.25) is 0 Å². The van der Waals surface area contributed by atoms with Crippen molar-refractivity contribution in [1.29, 1.82) is 5.26 Å². The molecule has 4 aliphatic rings. The van der Waals surface area contributed by atoms with Gasteiger partial charge >= 0.3 is 0 Å². The maximum Gasteiger partial charge on any atom is 0.0966 e. The summed E-state index contributed by atoms with van der Waals surface area (Å²) in [4.78, 5) is 0. The summed E-state index contributed by atoms with van der Waals surface area (Å²) in [6.07, 6.45) is 6.63. The summed E-state index contributed by atoms with van der Waals surface area (Å²) in [7, 11) is 0. The second kappa shape index (κ2) is 10.7. The number of hydrogen-bond donors (Lipinski definition) is 1. The highest BCUT2D eigenvalue weighted by atomic mass is 14.8. The smallest absolute Gasteiger partial charge is 0.0966 e. The number of nitrogens with zero attached hydrogens (tertiary/aromatic N) is 1. The van der Waals surface area contributed by atoms with Crippen LogP contribution in [-0.4, -0.2) is 6.54 Å². The van der Waals surface area contributed by atoms with Gasteiger partial charge in [-0.2, -0.15) is 5.26 Å². The van der Waals surface area contributed by atoms with E-state index in [1.54, 1.807) is 0 Å². The Morgan fingerprint density at radius 1 is 0.571 bits per heavy atom. The molecule has 0 amide bonds. The molecular formula is C47H32N2. The summed E-state index contributed by atoms with van der Waals surface area (Å²) in [5, 5.41) is 12.8. The molecule has 6 aromatic rings. The van der Waals surface area contributed by atoms with E-state index in [0.717, 1.165) is 16.7 Å².